The van der Waals surface area contributed by atoms with Crippen LogP contribution in [-0.4, -0.2) is 33.3 Å². The van der Waals surface area contributed by atoms with Gasteiger partial charge in [-0.3, -0.25) is 19.4 Å². The van der Waals surface area contributed by atoms with E-state index in [0.717, 1.165) is 22.0 Å². The summed E-state index contributed by atoms with van der Waals surface area (Å²) in [5, 5.41) is 3.83. The summed E-state index contributed by atoms with van der Waals surface area (Å²) in [4.78, 5) is 43.5. The predicted octanol–water partition coefficient (Wildman–Crippen LogP) is 2.99. The van der Waals surface area contributed by atoms with Gasteiger partial charge >= 0.3 is 0 Å². The minimum absolute atomic E-state index is 0.149. The molecule has 0 aliphatic carbocycles. The molecule has 2 amide bonds. The lowest BCUT2D eigenvalue weighted by Gasteiger charge is -2.18. The summed E-state index contributed by atoms with van der Waals surface area (Å²) >= 11 is 0. The van der Waals surface area contributed by atoms with Crippen molar-refractivity contribution in [2.24, 2.45) is 0 Å². The first-order valence-electron chi connectivity index (χ1n) is 10.6. The summed E-state index contributed by atoms with van der Waals surface area (Å²) in [6.45, 7) is 0.627. The molecule has 2 aromatic carbocycles. The molecule has 0 bridgehead atoms. The Morgan fingerprint density at radius 1 is 0.970 bits per heavy atom. The Kier molecular flexibility index (Phi) is 6.59. The maximum Gasteiger partial charge on any atom is 0.253 e. The zero-order chi connectivity index (χ0) is 23.2. The number of pyridine rings is 2. The number of amides is 2. The molecular formula is C26H24N4O3. The second kappa shape index (κ2) is 9.91. The maximum absolute atomic E-state index is 12.8. The zero-order valence-electron chi connectivity index (χ0n) is 18.3. The van der Waals surface area contributed by atoms with Crippen LogP contribution in [-0.2, 0) is 24.4 Å². The van der Waals surface area contributed by atoms with Crippen molar-refractivity contribution in [1.82, 2.24) is 19.8 Å². The number of rotatable bonds is 7. The number of carbonyl (C=O) groups is 2. The molecule has 0 atom stereocenters. The largest absolute Gasteiger partial charge is 0.348 e. The van der Waals surface area contributed by atoms with Gasteiger partial charge in [0, 0.05) is 44.0 Å². The highest BCUT2D eigenvalue weighted by Crippen LogP contribution is 2.14. The van der Waals surface area contributed by atoms with E-state index in [9.17, 15) is 14.4 Å². The number of fused-ring (bicyclic) bond motifs is 1. The Morgan fingerprint density at radius 2 is 1.79 bits per heavy atom. The number of likely N-dealkylation sites (N-methyl/N-ethyl adjacent to an activating group) is 1. The summed E-state index contributed by atoms with van der Waals surface area (Å²) < 4.78 is 1.26. The van der Waals surface area contributed by atoms with E-state index in [1.54, 1.807) is 18.1 Å². The van der Waals surface area contributed by atoms with E-state index >= 15 is 0 Å². The molecular weight excluding hydrogens is 416 g/mol. The van der Waals surface area contributed by atoms with Crippen LogP contribution in [0.4, 0.5) is 0 Å². The average Bonchev–Trinajstić information content (AvgIpc) is 2.84. The van der Waals surface area contributed by atoms with E-state index in [-0.39, 0.29) is 23.9 Å². The van der Waals surface area contributed by atoms with Crippen LogP contribution in [0.3, 0.4) is 0 Å². The summed E-state index contributed by atoms with van der Waals surface area (Å²) in [6.07, 6.45) is 3.17. The van der Waals surface area contributed by atoms with Crippen molar-refractivity contribution in [3.05, 3.63) is 112 Å². The van der Waals surface area contributed by atoms with E-state index in [1.165, 1.54) is 22.9 Å². The Morgan fingerprint density at radius 3 is 2.61 bits per heavy atom. The van der Waals surface area contributed by atoms with Gasteiger partial charge in [-0.15, -0.1) is 0 Å². The topological polar surface area (TPSA) is 84.3 Å². The standard InChI is InChI=1S/C26H24N4O3/c1-29(16-20-9-11-23-21(14-20)8-5-13-27-23)25(32)18-30-17-22(10-12-24(30)31)26(33)28-15-19-6-3-2-4-7-19/h2-14,17H,15-16,18H2,1H3,(H,28,33). The molecule has 166 valence electrons. The second-order valence-corrected chi connectivity index (χ2v) is 7.83. The highest BCUT2D eigenvalue weighted by molar-refractivity contribution is 5.93. The molecule has 7 heteroatoms. The highest BCUT2D eigenvalue weighted by Gasteiger charge is 2.14. The van der Waals surface area contributed by atoms with Crippen LogP contribution in [0.1, 0.15) is 21.5 Å². The van der Waals surface area contributed by atoms with Gasteiger partial charge in [0.2, 0.25) is 5.91 Å². The third kappa shape index (κ3) is 5.51. The lowest BCUT2D eigenvalue weighted by molar-refractivity contribution is -0.131. The number of aromatic nitrogens is 2. The molecule has 0 aliphatic rings. The molecule has 2 aromatic heterocycles. The summed E-state index contributed by atoms with van der Waals surface area (Å²) in [7, 11) is 1.69. The van der Waals surface area contributed by atoms with Crippen molar-refractivity contribution in [1.29, 1.82) is 0 Å². The number of hydrogen-bond acceptors (Lipinski definition) is 4. The fraction of sp³-hybridized carbons (Fsp3) is 0.154. The van der Waals surface area contributed by atoms with E-state index in [0.29, 0.717) is 18.7 Å². The molecule has 7 nitrogen and oxygen atoms in total. The minimum atomic E-state index is -0.340. The van der Waals surface area contributed by atoms with Crippen molar-refractivity contribution in [2.45, 2.75) is 19.6 Å². The number of carbonyl (C=O) groups excluding carboxylic acids is 2. The molecule has 0 saturated heterocycles. The van der Waals surface area contributed by atoms with E-state index in [1.807, 2.05) is 60.7 Å². The number of hydrogen-bond donors (Lipinski definition) is 1. The van der Waals surface area contributed by atoms with Crippen LogP contribution in [0, 0.1) is 0 Å². The van der Waals surface area contributed by atoms with Crippen LogP contribution in [0.15, 0.2) is 90.0 Å². The smallest absolute Gasteiger partial charge is 0.253 e. The Bertz CT molecular complexity index is 1350. The van der Waals surface area contributed by atoms with Crippen LogP contribution < -0.4 is 10.9 Å². The third-order valence-corrected chi connectivity index (χ3v) is 5.36. The van der Waals surface area contributed by atoms with Gasteiger partial charge in [-0.2, -0.15) is 0 Å². The van der Waals surface area contributed by atoms with Crippen LogP contribution in [0.5, 0.6) is 0 Å². The van der Waals surface area contributed by atoms with Gasteiger partial charge in [0.1, 0.15) is 6.54 Å². The van der Waals surface area contributed by atoms with Gasteiger partial charge in [0.25, 0.3) is 11.5 Å². The minimum Gasteiger partial charge on any atom is -0.348 e. The molecule has 0 fully saturated rings. The van der Waals surface area contributed by atoms with Crippen molar-refractivity contribution in [3.8, 4) is 0 Å². The van der Waals surface area contributed by atoms with Crippen molar-refractivity contribution in [3.63, 3.8) is 0 Å². The predicted molar refractivity (Wildman–Crippen MR) is 127 cm³/mol. The van der Waals surface area contributed by atoms with Crippen LogP contribution in [0.2, 0.25) is 0 Å². The first-order valence-corrected chi connectivity index (χ1v) is 10.6. The van der Waals surface area contributed by atoms with Gasteiger partial charge in [-0.05, 0) is 35.4 Å². The highest BCUT2D eigenvalue weighted by atomic mass is 16.2. The normalized spacial score (nSPS) is 10.7. The van der Waals surface area contributed by atoms with E-state index in [4.69, 9.17) is 0 Å². The molecule has 0 radical (unpaired) electrons. The molecule has 2 heterocycles. The van der Waals surface area contributed by atoms with Gasteiger partial charge < -0.3 is 14.8 Å². The quantitative estimate of drug-likeness (QED) is 0.479. The van der Waals surface area contributed by atoms with Gasteiger partial charge in [-0.25, -0.2) is 0 Å². The second-order valence-electron chi connectivity index (χ2n) is 7.83. The van der Waals surface area contributed by atoms with E-state index < -0.39 is 0 Å². The SMILES string of the molecule is CN(Cc1ccc2ncccc2c1)C(=O)Cn1cc(C(=O)NCc2ccccc2)ccc1=O. The van der Waals surface area contributed by atoms with Crippen molar-refractivity contribution >= 4 is 22.7 Å². The number of nitrogens with zero attached hydrogens (tertiary/aromatic N) is 3. The Hall–Kier alpha value is -4.26. The molecule has 0 aliphatic heterocycles. The lowest BCUT2D eigenvalue weighted by atomic mass is 10.1. The van der Waals surface area contributed by atoms with E-state index in [2.05, 4.69) is 10.3 Å². The van der Waals surface area contributed by atoms with Gasteiger partial charge in [0.05, 0.1) is 11.1 Å². The Balaban J connectivity index is 1.41. The van der Waals surface area contributed by atoms with Crippen LogP contribution in [0.25, 0.3) is 10.9 Å². The summed E-state index contributed by atoms with van der Waals surface area (Å²) in [6, 6.07) is 22.0. The molecule has 0 unspecified atom stereocenters. The monoisotopic (exact) mass is 440 g/mol. The molecule has 0 spiro atoms. The fourth-order valence-corrected chi connectivity index (χ4v) is 3.52. The van der Waals surface area contributed by atoms with Gasteiger partial charge in [-0.1, -0.05) is 42.5 Å². The van der Waals surface area contributed by atoms with Crippen molar-refractivity contribution < 1.29 is 9.59 Å². The molecule has 4 aromatic rings. The first-order chi connectivity index (χ1) is 16.0. The molecule has 1 N–H and O–H groups in total. The maximum atomic E-state index is 12.8. The molecule has 4 rings (SSSR count). The van der Waals surface area contributed by atoms with Gasteiger partial charge in [0.15, 0.2) is 0 Å². The zero-order valence-corrected chi connectivity index (χ0v) is 18.3. The fourth-order valence-electron chi connectivity index (χ4n) is 3.52. The van der Waals surface area contributed by atoms with Crippen LogP contribution >= 0.6 is 0 Å². The Labute approximate surface area is 191 Å². The summed E-state index contributed by atoms with van der Waals surface area (Å²) in [5.74, 6) is -0.539. The van der Waals surface area contributed by atoms with Crippen molar-refractivity contribution in [2.75, 3.05) is 7.05 Å². The number of benzene rings is 2. The first kappa shape index (κ1) is 22.0. The summed E-state index contributed by atoms with van der Waals surface area (Å²) in [5.41, 5.74) is 2.81. The molecule has 33 heavy (non-hydrogen) atoms. The third-order valence-electron chi connectivity index (χ3n) is 5.36. The average molecular weight is 441 g/mol. The molecule has 0 saturated carbocycles. The lowest BCUT2D eigenvalue weighted by Crippen LogP contribution is -2.34. The number of nitrogens with one attached hydrogen (secondary N) is 1.